The van der Waals surface area contributed by atoms with Crippen LogP contribution in [0, 0.1) is 4.77 Å². The average molecular weight is 333 g/mol. The van der Waals surface area contributed by atoms with E-state index >= 15 is 0 Å². The van der Waals surface area contributed by atoms with Crippen LogP contribution in [0.5, 0.6) is 0 Å². The second kappa shape index (κ2) is 6.28. The van der Waals surface area contributed by atoms with Crippen molar-refractivity contribution in [3.63, 3.8) is 0 Å². The Kier molecular flexibility index (Phi) is 4.37. The van der Waals surface area contributed by atoms with Gasteiger partial charge in [-0.1, -0.05) is 12.1 Å². The number of nitrogens with zero attached hydrogens (tertiary/aromatic N) is 5. The van der Waals surface area contributed by atoms with E-state index in [-0.39, 0.29) is 6.04 Å². The molecule has 0 saturated carbocycles. The maximum absolute atomic E-state index is 5.42. The highest BCUT2D eigenvalue weighted by Crippen LogP contribution is 2.28. The molecule has 0 amide bonds. The van der Waals surface area contributed by atoms with E-state index in [2.05, 4.69) is 49.1 Å². The highest BCUT2D eigenvalue weighted by Gasteiger charge is 2.17. The van der Waals surface area contributed by atoms with Gasteiger partial charge in [-0.25, -0.2) is 9.67 Å². The SMILES string of the molecule is CCn1cnn(CN(C)[C@H](C)c2nc3ccccc3s2)c1=S. The van der Waals surface area contributed by atoms with Crippen LogP contribution in [0.25, 0.3) is 10.2 Å². The summed E-state index contributed by atoms with van der Waals surface area (Å²) < 4.78 is 5.80. The van der Waals surface area contributed by atoms with Crippen molar-refractivity contribution in [1.82, 2.24) is 24.2 Å². The van der Waals surface area contributed by atoms with Crippen LogP contribution in [0.15, 0.2) is 30.6 Å². The molecule has 0 saturated heterocycles. The molecule has 0 aliphatic heterocycles. The molecule has 0 fully saturated rings. The Hall–Kier alpha value is -1.57. The van der Waals surface area contributed by atoms with E-state index in [0.29, 0.717) is 6.67 Å². The summed E-state index contributed by atoms with van der Waals surface area (Å²) in [4.78, 5) is 6.94. The van der Waals surface area contributed by atoms with E-state index in [1.54, 1.807) is 17.7 Å². The maximum Gasteiger partial charge on any atom is 0.198 e. The van der Waals surface area contributed by atoms with Gasteiger partial charge in [-0.3, -0.25) is 4.90 Å². The minimum Gasteiger partial charge on any atom is -0.307 e. The number of aromatic nitrogens is 4. The normalized spacial score (nSPS) is 13.1. The lowest BCUT2D eigenvalue weighted by atomic mass is 10.3. The van der Waals surface area contributed by atoms with Gasteiger partial charge in [0.05, 0.1) is 22.9 Å². The van der Waals surface area contributed by atoms with Crippen molar-refractivity contribution in [3.05, 3.63) is 40.4 Å². The Balaban J connectivity index is 1.80. The van der Waals surface area contributed by atoms with Gasteiger partial charge in [0.1, 0.15) is 11.3 Å². The van der Waals surface area contributed by atoms with Gasteiger partial charge >= 0.3 is 0 Å². The molecule has 1 aromatic carbocycles. The van der Waals surface area contributed by atoms with Gasteiger partial charge in [-0.15, -0.1) is 11.3 Å². The van der Waals surface area contributed by atoms with Crippen molar-refractivity contribution in [3.8, 4) is 0 Å². The van der Waals surface area contributed by atoms with E-state index < -0.39 is 0 Å². The summed E-state index contributed by atoms with van der Waals surface area (Å²) in [6.07, 6.45) is 1.79. The van der Waals surface area contributed by atoms with Gasteiger partial charge in [-0.05, 0) is 45.2 Å². The first-order chi connectivity index (χ1) is 10.6. The number of aryl methyl sites for hydroxylation is 1. The van der Waals surface area contributed by atoms with Crippen LogP contribution in [0.4, 0.5) is 0 Å². The lowest BCUT2D eigenvalue weighted by Crippen LogP contribution is -2.26. The maximum atomic E-state index is 5.42. The van der Waals surface area contributed by atoms with Crippen molar-refractivity contribution in [2.24, 2.45) is 0 Å². The Morgan fingerprint density at radius 3 is 2.82 bits per heavy atom. The molecule has 7 heteroatoms. The molecule has 3 aromatic rings. The van der Waals surface area contributed by atoms with Crippen molar-refractivity contribution >= 4 is 33.8 Å². The molecule has 116 valence electrons. The van der Waals surface area contributed by atoms with Crippen LogP contribution >= 0.6 is 23.6 Å². The molecular weight excluding hydrogens is 314 g/mol. The summed E-state index contributed by atoms with van der Waals surface area (Å²) in [6.45, 7) is 5.73. The van der Waals surface area contributed by atoms with E-state index in [4.69, 9.17) is 17.2 Å². The van der Waals surface area contributed by atoms with Crippen LogP contribution in [-0.4, -0.2) is 31.3 Å². The third kappa shape index (κ3) is 2.84. The summed E-state index contributed by atoms with van der Waals surface area (Å²) in [5.74, 6) is 0. The number of fused-ring (bicyclic) bond motifs is 1. The zero-order valence-electron chi connectivity index (χ0n) is 12.9. The van der Waals surface area contributed by atoms with E-state index in [9.17, 15) is 0 Å². The first-order valence-electron chi connectivity index (χ1n) is 7.28. The van der Waals surface area contributed by atoms with Gasteiger partial charge in [0.25, 0.3) is 0 Å². The van der Waals surface area contributed by atoms with Crippen LogP contribution in [0.1, 0.15) is 24.9 Å². The highest BCUT2D eigenvalue weighted by molar-refractivity contribution is 7.71. The predicted octanol–water partition coefficient (Wildman–Crippen LogP) is 3.69. The fourth-order valence-corrected chi connectivity index (χ4v) is 3.64. The molecule has 22 heavy (non-hydrogen) atoms. The molecule has 0 aliphatic carbocycles. The second-order valence-corrected chi connectivity index (χ2v) is 6.72. The number of hydrogen-bond acceptors (Lipinski definition) is 5. The fraction of sp³-hybridized carbons (Fsp3) is 0.400. The molecule has 1 atom stereocenters. The minimum atomic E-state index is 0.214. The molecule has 0 radical (unpaired) electrons. The molecule has 2 heterocycles. The number of thiazole rings is 1. The molecule has 0 aliphatic rings. The molecule has 3 rings (SSSR count). The Morgan fingerprint density at radius 1 is 1.36 bits per heavy atom. The Morgan fingerprint density at radius 2 is 2.14 bits per heavy atom. The molecule has 2 aromatic heterocycles. The first-order valence-corrected chi connectivity index (χ1v) is 8.50. The molecule has 5 nitrogen and oxygen atoms in total. The van der Waals surface area contributed by atoms with Crippen molar-refractivity contribution in [2.75, 3.05) is 7.05 Å². The van der Waals surface area contributed by atoms with E-state index in [0.717, 1.165) is 21.8 Å². The summed E-state index contributed by atoms with van der Waals surface area (Å²) in [6, 6.07) is 8.46. The van der Waals surface area contributed by atoms with Crippen LogP contribution in [-0.2, 0) is 13.2 Å². The van der Waals surface area contributed by atoms with Gasteiger partial charge < -0.3 is 4.57 Å². The highest BCUT2D eigenvalue weighted by atomic mass is 32.1. The van der Waals surface area contributed by atoms with Crippen LogP contribution in [0.3, 0.4) is 0 Å². The Bertz CT molecular complexity index is 799. The van der Waals surface area contributed by atoms with Gasteiger partial charge in [-0.2, -0.15) is 5.10 Å². The largest absolute Gasteiger partial charge is 0.307 e. The monoisotopic (exact) mass is 333 g/mol. The lowest BCUT2D eigenvalue weighted by Gasteiger charge is -2.22. The predicted molar refractivity (Wildman–Crippen MR) is 92.5 cm³/mol. The Labute approximate surface area is 138 Å². The quantitative estimate of drug-likeness (QED) is 0.668. The molecule has 0 bridgehead atoms. The topological polar surface area (TPSA) is 38.9 Å². The van der Waals surface area contributed by atoms with Crippen molar-refractivity contribution < 1.29 is 0 Å². The summed E-state index contributed by atoms with van der Waals surface area (Å²) in [5, 5.41) is 5.48. The van der Waals surface area contributed by atoms with Crippen molar-refractivity contribution in [2.45, 2.75) is 33.1 Å². The smallest absolute Gasteiger partial charge is 0.198 e. The number of benzene rings is 1. The van der Waals surface area contributed by atoms with Crippen LogP contribution in [0.2, 0.25) is 0 Å². The van der Waals surface area contributed by atoms with Gasteiger partial charge in [0.15, 0.2) is 4.77 Å². The van der Waals surface area contributed by atoms with Crippen molar-refractivity contribution in [1.29, 1.82) is 0 Å². The van der Waals surface area contributed by atoms with Gasteiger partial charge in [0, 0.05) is 6.54 Å². The third-order valence-corrected chi connectivity index (χ3v) is 5.48. The lowest BCUT2D eigenvalue weighted by molar-refractivity contribution is 0.194. The third-order valence-electron chi connectivity index (χ3n) is 3.82. The zero-order chi connectivity index (χ0) is 15.7. The summed E-state index contributed by atoms with van der Waals surface area (Å²) in [5.41, 5.74) is 1.06. The molecule has 0 spiro atoms. The second-order valence-electron chi connectivity index (χ2n) is 5.29. The number of rotatable bonds is 5. The number of hydrogen-bond donors (Lipinski definition) is 0. The first kappa shape index (κ1) is 15.3. The zero-order valence-corrected chi connectivity index (χ0v) is 14.6. The van der Waals surface area contributed by atoms with Crippen LogP contribution < -0.4 is 0 Å². The molecule has 0 N–H and O–H groups in total. The fourth-order valence-electron chi connectivity index (χ4n) is 2.28. The number of para-hydroxylation sites is 1. The molecular formula is C15H19N5S2. The minimum absolute atomic E-state index is 0.214. The average Bonchev–Trinajstić information content (AvgIpc) is 3.10. The van der Waals surface area contributed by atoms with E-state index in [1.165, 1.54) is 4.70 Å². The van der Waals surface area contributed by atoms with E-state index in [1.807, 2.05) is 15.3 Å². The summed E-state index contributed by atoms with van der Waals surface area (Å²) in [7, 11) is 2.07. The van der Waals surface area contributed by atoms with Gasteiger partial charge in [0.2, 0.25) is 0 Å². The standard InChI is InChI=1S/C15H19N5S2/c1-4-19-9-16-20(15(19)21)10-18(3)11(2)14-17-12-7-5-6-8-13(12)22-14/h5-9,11H,4,10H2,1-3H3/t11-/m1/s1. The molecule has 0 unspecified atom stereocenters. The summed E-state index contributed by atoms with van der Waals surface area (Å²) >= 11 is 7.17.